The lowest BCUT2D eigenvalue weighted by molar-refractivity contribution is -0.131. The molecule has 7 heteroatoms. The number of allylic oxidation sites excluding steroid dienone is 2. The number of carbonyl (C=O) groups is 4. The summed E-state index contributed by atoms with van der Waals surface area (Å²) in [5.74, 6) is -4.15. The van der Waals surface area contributed by atoms with E-state index in [1.807, 2.05) is 43.3 Å². The van der Waals surface area contributed by atoms with Crippen LogP contribution in [0.4, 0.5) is 11.4 Å². The fourth-order valence-corrected chi connectivity index (χ4v) is 8.11. The summed E-state index contributed by atoms with van der Waals surface area (Å²) in [5, 5.41) is 11.4. The van der Waals surface area contributed by atoms with Crippen LogP contribution in [0.15, 0.2) is 91.0 Å². The van der Waals surface area contributed by atoms with Gasteiger partial charge in [-0.25, -0.2) is 4.90 Å². The molecule has 3 aromatic carbocycles. The van der Waals surface area contributed by atoms with Crippen LogP contribution in [0.3, 0.4) is 0 Å². The normalized spacial score (nSPS) is 29.7. The number of phenolic OH excluding ortho intramolecular Hbond substituents is 1. The molecular weight excluding hydrogens is 540 g/mol. The second-order valence-electron chi connectivity index (χ2n) is 12.3. The highest BCUT2D eigenvalue weighted by Crippen LogP contribution is 2.64. The van der Waals surface area contributed by atoms with E-state index in [0.29, 0.717) is 28.9 Å². The predicted octanol–water partition coefficient (Wildman–Crippen LogP) is 5.78. The number of carbonyl (C=O) groups excluding carboxylic acids is 4. The van der Waals surface area contributed by atoms with E-state index in [1.54, 1.807) is 55.5 Å². The van der Waals surface area contributed by atoms with Crippen molar-refractivity contribution in [3.63, 3.8) is 0 Å². The first-order chi connectivity index (χ1) is 20.7. The summed E-state index contributed by atoms with van der Waals surface area (Å²) < 4.78 is 0. The fraction of sp³-hybridized carbons (Fsp3) is 0.278. The van der Waals surface area contributed by atoms with Gasteiger partial charge in [0.15, 0.2) is 0 Å². The third-order valence-electron chi connectivity index (χ3n) is 10.3. The zero-order valence-corrected chi connectivity index (χ0v) is 24.1. The molecule has 0 radical (unpaired) electrons. The maximum absolute atomic E-state index is 14.4. The van der Waals surface area contributed by atoms with Gasteiger partial charge < -0.3 is 5.11 Å². The van der Waals surface area contributed by atoms with Gasteiger partial charge in [0, 0.05) is 11.5 Å². The minimum Gasteiger partial charge on any atom is -0.507 e. The fourth-order valence-electron chi connectivity index (χ4n) is 8.11. The zero-order chi connectivity index (χ0) is 30.2. The van der Waals surface area contributed by atoms with Gasteiger partial charge in [-0.05, 0) is 68.0 Å². The van der Waals surface area contributed by atoms with Gasteiger partial charge >= 0.3 is 0 Å². The lowest BCUT2D eigenvalue weighted by Crippen LogP contribution is -2.49. The van der Waals surface area contributed by atoms with Crippen LogP contribution in [0.1, 0.15) is 42.4 Å². The van der Waals surface area contributed by atoms with Crippen molar-refractivity contribution < 1.29 is 24.3 Å². The number of phenols is 1. The van der Waals surface area contributed by atoms with Crippen molar-refractivity contribution in [3.05, 3.63) is 108 Å². The van der Waals surface area contributed by atoms with Gasteiger partial charge in [0.05, 0.1) is 34.5 Å². The van der Waals surface area contributed by atoms with Crippen LogP contribution < -0.4 is 9.80 Å². The molecular formula is C36H32N2O5. The molecule has 0 aromatic heterocycles. The van der Waals surface area contributed by atoms with Crippen molar-refractivity contribution in [1.82, 2.24) is 0 Å². The lowest BCUT2D eigenvalue weighted by Gasteiger charge is -2.49. The summed E-state index contributed by atoms with van der Waals surface area (Å²) >= 11 is 0. The zero-order valence-electron chi connectivity index (χ0n) is 24.1. The average molecular weight is 573 g/mol. The topological polar surface area (TPSA) is 95.0 Å². The van der Waals surface area contributed by atoms with Crippen molar-refractivity contribution in [3.8, 4) is 5.75 Å². The van der Waals surface area contributed by atoms with Crippen LogP contribution in [-0.4, -0.2) is 28.7 Å². The number of amides is 4. The molecule has 6 atom stereocenters. The Kier molecular flexibility index (Phi) is 6.06. The molecule has 2 heterocycles. The van der Waals surface area contributed by atoms with Crippen molar-refractivity contribution in [2.24, 2.45) is 29.1 Å². The van der Waals surface area contributed by atoms with E-state index >= 15 is 0 Å². The average Bonchev–Trinajstić information content (AvgIpc) is 3.39. The highest BCUT2D eigenvalue weighted by Gasteiger charge is 2.68. The minimum absolute atomic E-state index is 0.0762. The largest absolute Gasteiger partial charge is 0.507 e. The van der Waals surface area contributed by atoms with Crippen LogP contribution in [0.25, 0.3) is 6.08 Å². The Hall–Kier alpha value is -4.78. The Balaban J connectivity index is 1.37. The molecule has 3 aromatic rings. The third-order valence-corrected chi connectivity index (χ3v) is 10.3. The highest BCUT2D eigenvalue weighted by atomic mass is 16.3. The second kappa shape index (κ2) is 9.63. The monoisotopic (exact) mass is 572 g/mol. The number of aryl methyl sites for hydroxylation is 1. The number of aromatic hydroxyl groups is 1. The standard InChI is InChI=1S/C36H32N2O5/c1-4-21-13-15-23(16-14-21)37-32(40)25-18-17-24-27(29(25)34(37)42)19-28-33(41)38(22-10-6-5-7-11-22)35(43)36(28,3)30(24)26-12-8-9-20(2)31(26)39/h4-17,25,27-30,39H,1,18-19H2,2-3H3/t25-,27+,28-,29-,30+,36+/m0/s1. The molecule has 2 aliphatic carbocycles. The summed E-state index contributed by atoms with van der Waals surface area (Å²) in [7, 11) is 0. The summed E-state index contributed by atoms with van der Waals surface area (Å²) in [6.07, 6.45) is 4.31. The van der Waals surface area contributed by atoms with Gasteiger partial charge in [-0.3, -0.25) is 24.1 Å². The van der Waals surface area contributed by atoms with Crippen LogP contribution in [0, 0.1) is 36.0 Å². The molecule has 7 rings (SSSR count). The Labute approximate surface area is 250 Å². The number of benzene rings is 3. The van der Waals surface area contributed by atoms with Gasteiger partial charge in [0.25, 0.3) is 0 Å². The summed E-state index contributed by atoms with van der Waals surface area (Å²) in [4.78, 5) is 59.1. The molecule has 2 saturated heterocycles. The van der Waals surface area contributed by atoms with Crippen molar-refractivity contribution in [1.29, 1.82) is 0 Å². The molecule has 0 bridgehead atoms. The molecule has 1 N–H and O–H groups in total. The second-order valence-corrected chi connectivity index (χ2v) is 12.3. The van der Waals surface area contributed by atoms with Crippen molar-refractivity contribution in [2.75, 3.05) is 9.80 Å². The maximum Gasteiger partial charge on any atom is 0.241 e. The van der Waals surface area contributed by atoms with Crippen LogP contribution in [0.5, 0.6) is 5.75 Å². The molecule has 4 amide bonds. The molecule has 1 saturated carbocycles. The third kappa shape index (κ3) is 3.67. The molecule has 216 valence electrons. The van der Waals surface area contributed by atoms with E-state index in [0.717, 1.165) is 11.1 Å². The van der Waals surface area contributed by atoms with E-state index < -0.39 is 35.0 Å². The van der Waals surface area contributed by atoms with Gasteiger partial charge in [-0.15, -0.1) is 0 Å². The molecule has 7 nitrogen and oxygen atoms in total. The first-order valence-corrected chi connectivity index (χ1v) is 14.7. The van der Waals surface area contributed by atoms with Crippen molar-refractivity contribution in [2.45, 2.75) is 32.6 Å². The Bertz CT molecular complexity index is 1740. The van der Waals surface area contributed by atoms with Crippen LogP contribution in [-0.2, 0) is 19.2 Å². The smallest absolute Gasteiger partial charge is 0.241 e. The number of rotatable bonds is 4. The number of para-hydroxylation sites is 2. The molecule has 0 spiro atoms. The maximum atomic E-state index is 14.4. The number of fused-ring (bicyclic) bond motifs is 4. The van der Waals surface area contributed by atoms with Gasteiger partial charge in [-0.2, -0.15) is 0 Å². The van der Waals surface area contributed by atoms with E-state index in [9.17, 15) is 24.3 Å². The summed E-state index contributed by atoms with van der Waals surface area (Å²) in [5.41, 5.74) is 2.76. The Morgan fingerprint density at radius 3 is 2.23 bits per heavy atom. The van der Waals surface area contributed by atoms with E-state index in [1.165, 1.54) is 9.80 Å². The van der Waals surface area contributed by atoms with E-state index in [2.05, 4.69) is 6.58 Å². The summed E-state index contributed by atoms with van der Waals surface area (Å²) in [6, 6.07) is 21.5. The quantitative estimate of drug-likeness (QED) is 0.316. The first kappa shape index (κ1) is 27.1. The molecule has 0 unspecified atom stereocenters. The number of imide groups is 2. The number of nitrogens with zero attached hydrogens (tertiary/aromatic N) is 2. The highest BCUT2D eigenvalue weighted by molar-refractivity contribution is 6.25. The van der Waals surface area contributed by atoms with Crippen molar-refractivity contribution >= 4 is 41.1 Å². The SMILES string of the molecule is C=Cc1ccc(N2C(=O)[C@H]3[C@H](CC=C4[C@H]3C[C@H]3C(=O)N(c5ccccc5)C(=O)[C@@]3(C)[C@H]4c3cccc(C)c3O)C2=O)cc1. The van der Waals surface area contributed by atoms with Gasteiger partial charge in [0.2, 0.25) is 23.6 Å². The number of hydrogen-bond donors (Lipinski definition) is 1. The van der Waals surface area contributed by atoms with E-state index in [4.69, 9.17) is 0 Å². The Morgan fingerprint density at radius 2 is 1.53 bits per heavy atom. The number of hydrogen-bond acceptors (Lipinski definition) is 5. The van der Waals surface area contributed by atoms with Gasteiger partial charge in [-0.1, -0.05) is 72.8 Å². The van der Waals surface area contributed by atoms with E-state index in [-0.39, 0.29) is 35.8 Å². The van der Waals surface area contributed by atoms with Crippen LogP contribution in [0.2, 0.25) is 0 Å². The van der Waals surface area contributed by atoms with Crippen LogP contribution >= 0.6 is 0 Å². The first-order valence-electron chi connectivity index (χ1n) is 14.7. The minimum atomic E-state index is -1.20. The predicted molar refractivity (Wildman–Crippen MR) is 163 cm³/mol. The van der Waals surface area contributed by atoms with Gasteiger partial charge in [0.1, 0.15) is 5.75 Å². The lowest BCUT2D eigenvalue weighted by atomic mass is 9.51. The molecule has 4 aliphatic rings. The number of anilines is 2. The Morgan fingerprint density at radius 1 is 0.837 bits per heavy atom. The molecule has 3 fully saturated rings. The summed E-state index contributed by atoms with van der Waals surface area (Å²) in [6.45, 7) is 7.40. The molecule has 2 aliphatic heterocycles. The molecule has 43 heavy (non-hydrogen) atoms.